The van der Waals surface area contributed by atoms with Crippen molar-refractivity contribution in [3.63, 3.8) is 0 Å². The fourth-order valence-electron chi connectivity index (χ4n) is 0.422. The van der Waals surface area contributed by atoms with Crippen LogP contribution in [0.4, 0.5) is 0 Å². The van der Waals surface area contributed by atoms with Crippen LogP contribution in [0.5, 0.6) is 0 Å². The van der Waals surface area contributed by atoms with Crippen molar-refractivity contribution >= 4 is 37.5 Å². The largest absolute Gasteiger partial charge is 0.157 e. The highest BCUT2D eigenvalue weighted by molar-refractivity contribution is 8.19. The van der Waals surface area contributed by atoms with E-state index in [1.165, 1.54) is 0 Å². The topological polar surface area (TPSA) is 0 Å². The quantitative estimate of drug-likeness (QED) is 0.445. The van der Waals surface area contributed by atoms with Crippen molar-refractivity contribution in [1.29, 1.82) is 0 Å². The van der Waals surface area contributed by atoms with Gasteiger partial charge in [-0.3, -0.25) is 0 Å². The van der Waals surface area contributed by atoms with E-state index in [1.807, 2.05) is 0 Å². The highest BCUT2D eigenvalue weighted by atomic mass is 35.5. The van der Waals surface area contributed by atoms with Crippen LogP contribution in [-0.2, 0) is 0 Å². The molecule has 0 aliphatic heterocycles. The van der Waals surface area contributed by atoms with Crippen LogP contribution in [0.25, 0.3) is 0 Å². The highest BCUT2D eigenvalue weighted by Crippen LogP contribution is 2.17. The Morgan fingerprint density at radius 1 is 1.25 bits per heavy atom. The summed E-state index contributed by atoms with van der Waals surface area (Å²) in [6, 6.07) is 0. The predicted molar refractivity (Wildman–Crippen MR) is 45.4 cm³/mol. The van der Waals surface area contributed by atoms with Gasteiger partial charge in [0.1, 0.15) is 3.78 Å². The van der Waals surface area contributed by atoms with Crippen molar-refractivity contribution in [2.45, 2.75) is 13.8 Å². The van der Waals surface area contributed by atoms with Gasteiger partial charge >= 0.3 is 0 Å². The summed E-state index contributed by atoms with van der Waals surface area (Å²) in [7, 11) is 0.157. The minimum atomic E-state index is 0.157. The predicted octanol–water partition coefficient (Wildman–Crippen LogP) is 2.86. The number of hydrogen-bond donors (Lipinski definition) is 0. The first kappa shape index (κ1) is 8.80. The lowest BCUT2D eigenvalue weighted by Gasteiger charge is -1.99. The Bertz CT molecular complexity index is 88.6. The Balaban J connectivity index is 3.86. The van der Waals surface area contributed by atoms with Crippen molar-refractivity contribution < 1.29 is 0 Å². The maximum absolute atomic E-state index is 5.54. The van der Waals surface area contributed by atoms with Crippen LogP contribution >= 0.6 is 33.7 Å². The molecule has 3 heteroatoms. The van der Waals surface area contributed by atoms with Crippen molar-refractivity contribution in [2.75, 3.05) is 11.5 Å². The Labute approximate surface area is 63.1 Å². The highest BCUT2D eigenvalue weighted by Gasteiger charge is 1.91. The van der Waals surface area contributed by atoms with Gasteiger partial charge in [0.15, 0.2) is 0 Å². The molecular weight excluding hydrogens is 163 g/mol. The Kier molecular flexibility index (Phi) is 5.12. The molecular formula is C5H10Cl2S. The van der Waals surface area contributed by atoms with E-state index >= 15 is 0 Å². The summed E-state index contributed by atoms with van der Waals surface area (Å²) < 4.78 is 0.551. The van der Waals surface area contributed by atoms with E-state index in [1.54, 1.807) is 0 Å². The Morgan fingerprint density at radius 3 is 1.62 bits per heavy atom. The van der Waals surface area contributed by atoms with Crippen molar-refractivity contribution in [3.8, 4) is 0 Å². The Hall–Kier alpha value is 0.800. The molecule has 0 saturated heterocycles. The molecule has 0 fully saturated rings. The first-order valence-corrected chi connectivity index (χ1v) is 4.89. The fraction of sp³-hybridized carbons (Fsp3) is 0.800. The molecule has 0 aromatic carbocycles. The van der Waals surface area contributed by atoms with Gasteiger partial charge in [-0.25, -0.2) is 0 Å². The van der Waals surface area contributed by atoms with E-state index in [0.717, 1.165) is 11.5 Å². The van der Waals surface area contributed by atoms with Crippen LogP contribution in [0.3, 0.4) is 0 Å². The van der Waals surface area contributed by atoms with Gasteiger partial charge in [0.05, 0.1) is 0 Å². The zero-order valence-corrected chi connectivity index (χ0v) is 7.41. The summed E-state index contributed by atoms with van der Waals surface area (Å²) in [5, 5.41) is 0. The van der Waals surface area contributed by atoms with Crippen LogP contribution in [0.15, 0.2) is 0 Å². The fourth-order valence-corrected chi connectivity index (χ4v) is 2.58. The van der Waals surface area contributed by atoms with E-state index in [-0.39, 0.29) is 10.5 Å². The molecule has 0 aliphatic rings. The third kappa shape index (κ3) is 2.95. The molecule has 0 atom stereocenters. The third-order valence-corrected chi connectivity index (χ3v) is 4.05. The Morgan fingerprint density at radius 2 is 1.62 bits per heavy atom. The average Bonchev–Trinajstić information content (AvgIpc) is 1.69. The van der Waals surface area contributed by atoms with E-state index in [2.05, 4.69) is 13.8 Å². The van der Waals surface area contributed by atoms with E-state index in [4.69, 9.17) is 23.2 Å². The standard InChI is InChI=1S/C5H10Cl2S/c1-3-8(4-2)5(6)7/h3-4H2,1-2H3. The van der Waals surface area contributed by atoms with E-state index in [0.29, 0.717) is 3.78 Å². The minimum absolute atomic E-state index is 0.157. The summed E-state index contributed by atoms with van der Waals surface area (Å²) >= 11 is 11.1. The average molecular weight is 173 g/mol. The molecule has 0 rings (SSSR count). The summed E-state index contributed by atoms with van der Waals surface area (Å²) in [4.78, 5) is 0. The molecule has 0 aromatic rings. The molecule has 0 radical (unpaired) electrons. The molecule has 0 N–H and O–H groups in total. The lowest BCUT2D eigenvalue weighted by molar-refractivity contribution is 1.46. The smallest absolute Gasteiger partial charge is 0.130 e. The van der Waals surface area contributed by atoms with E-state index < -0.39 is 0 Å². The second kappa shape index (κ2) is 4.66. The molecule has 0 saturated carbocycles. The van der Waals surface area contributed by atoms with E-state index in [9.17, 15) is 0 Å². The first-order chi connectivity index (χ1) is 3.72. The second-order valence-corrected chi connectivity index (χ2v) is 5.24. The van der Waals surface area contributed by atoms with Gasteiger partial charge in [0, 0.05) is 0 Å². The third-order valence-electron chi connectivity index (χ3n) is 0.915. The maximum atomic E-state index is 5.54. The van der Waals surface area contributed by atoms with Crippen LogP contribution in [0.1, 0.15) is 13.8 Å². The monoisotopic (exact) mass is 172 g/mol. The van der Waals surface area contributed by atoms with Crippen LogP contribution in [-0.4, -0.2) is 15.3 Å². The lowest BCUT2D eigenvalue weighted by atomic mass is 11.0. The zero-order chi connectivity index (χ0) is 6.57. The second-order valence-electron chi connectivity index (χ2n) is 1.30. The summed E-state index contributed by atoms with van der Waals surface area (Å²) in [6.45, 7) is 4.19. The summed E-state index contributed by atoms with van der Waals surface area (Å²) in [5.74, 6) is 2.14. The molecule has 0 nitrogen and oxygen atoms in total. The zero-order valence-electron chi connectivity index (χ0n) is 5.08. The molecule has 0 heterocycles. The SMILES string of the molecule is CCS(CC)=C(Cl)Cl. The van der Waals surface area contributed by atoms with Gasteiger partial charge in [0.2, 0.25) is 0 Å². The van der Waals surface area contributed by atoms with Crippen molar-refractivity contribution in [2.24, 2.45) is 0 Å². The van der Waals surface area contributed by atoms with Crippen LogP contribution in [0.2, 0.25) is 0 Å². The summed E-state index contributed by atoms with van der Waals surface area (Å²) in [5.41, 5.74) is 0. The van der Waals surface area contributed by atoms with Gasteiger partial charge in [-0.15, -0.1) is 0 Å². The van der Waals surface area contributed by atoms with Crippen LogP contribution in [0, 0.1) is 0 Å². The molecule has 50 valence electrons. The van der Waals surface area contributed by atoms with Gasteiger partial charge in [-0.1, -0.05) is 37.0 Å². The molecule has 0 aliphatic carbocycles. The molecule has 0 unspecified atom stereocenters. The van der Waals surface area contributed by atoms with Gasteiger partial charge in [-0.2, -0.15) is 10.5 Å². The summed E-state index contributed by atoms with van der Waals surface area (Å²) in [6.07, 6.45) is 0. The lowest BCUT2D eigenvalue weighted by Crippen LogP contribution is -1.82. The molecule has 0 aromatic heterocycles. The van der Waals surface area contributed by atoms with Crippen molar-refractivity contribution in [3.05, 3.63) is 0 Å². The van der Waals surface area contributed by atoms with Crippen molar-refractivity contribution in [1.82, 2.24) is 0 Å². The number of hydrogen-bond acceptors (Lipinski definition) is 0. The van der Waals surface area contributed by atoms with Crippen LogP contribution < -0.4 is 0 Å². The minimum Gasteiger partial charge on any atom is -0.157 e. The molecule has 0 bridgehead atoms. The van der Waals surface area contributed by atoms with Gasteiger partial charge < -0.3 is 0 Å². The molecule has 0 amide bonds. The van der Waals surface area contributed by atoms with Gasteiger partial charge in [0.25, 0.3) is 0 Å². The first-order valence-electron chi connectivity index (χ1n) is 2.57. The molecule has 0 spiro atoms. The number of rotatable bonds is 2. The maximum Gasteiger partial charge on any atom is 0.130 e. The number of halogens is 2. The normalized spacial score (nSPS) is 10.1. The van der Waals surface area contributed by atoms with Gasteiger partial charge in [-0.05, 0) is 11.5 Å². The molecule has 8 heavy (non-hydrogen) atoms.